The number of carboxylic acid groups (broad SMARTS) is 1. The highest BCUT2D eigenvalue weighted by Crippen LogP contribution is 2.17. The molecule has 1 aromatic rings. The number of carbonyl (C=O) groups excluding carboxylic acids is 1. The molecule has 0 fully saturated rings. The van der Waals surface area contributed by atoms with Crippen LogP contribution in [0, 0.1) is 5.92 Å². The Morgan fingerprint density at radius 1 is 1.33 bits per heavy atom. The summed E-state index contributed by atoms with van der Waals surface area (Å²) in [7, 11) is 0. The fourth-order valence-electron chi connectivity index (χ4n) is 1.54. The number of anilines is 1. The van der Waals surface area contributed by atoms with Gasteiger partial charge in [0.15, 0.2) is 0 Å². The molecule has 0 unspecified atom stereocenters. The van der Waals surface area contributed by atoms with Crippen molar-refractivity contribution in [3.63, 3.8) is 0 Å². The van der Waals surface area contributed by atoms with Crippen LogP contribution in [0.2, 0.25) is 0 Å². The average molecular weight is 294 g/mol. The van der Waals surface area contributed by atoms with Gasteiger partial charge in [-0.15, -0.1) is 0 Å². The first-order valence-electron chi connectivity index (χ1n) is 6.97. The summed E-state index contributed by atoms with van der Waals surface area (Å²) in [6.07, 6.45) is 0.444. The van der Waals surface area contributed by atoms with Crippen LogP contribution in [-0.2, 0) is 4.79 Å². The first-order chi connectivity index (χ1) is 9.97. The van der Waals surface area contributed by atoms with Gasteiger partial charge in [-0.2, -0.15) is 0 Å². The van der Waals surface area contributed by atoms with E-state index in [0.29, 0.717) is 36.9 Å². The molecule has 0 radical (unpaired) electrons. The summed E-state index contributed by atoms with van der Waals surface area (Å²) in [4.78, 5) is 22.0. The number of hydrogen-bond donors (Lipinski definition) is 3. The van der Waals surface area contributed by atoms with Gasteiger partial charge in [-0.05, 0) is 24.5 Å². The number of urea groups is 1. The van der Waals surface area contributed by atoms with Gasteiger partial charge in [0.2, 0.25) is 0 Å². The van der Waals surface area contributed by atoms with Crippen LogP contribution in [0.5, 0.6) is 5.75 Å². The molecule has 1 aromatic carbocycles. The highest BCUT2D eigenvalue weighted by atomic mass is 16.5. The maximum atomic E-state index is 11.6. The molecular formula is C15H22N2O4. The highest BCUT2D eigenvalue weighted by molar-refractivity contribution is 5.89. The third-order valence-corrected chi connectivity index (χ3v) is 2.53. The zero-order chi connectivity index (χ0) is 15.7. The van der Waals surface area contributed by atoms with E-state index in [1.807, 2.05) is 6.07 Å². The number of ether oxygens (including phenoxy) is 1. The predicted octanol–water partition coefficient (Wildman–Crippen LogP) is 2.71. The highest BCUT2D eigenvalue weighted by Gasteiger charge is 2.04. The van der Waals surface area contributed by atoms with E-state index in [-0.39, 0.29) is 12.5 Å². The van der Waals surface area contributed by atoms with Crippen molar-refractivity contribution in [2.75, 3.05) is 18.5 Å². The maximum absolute atomic E-state index is 11.6. The Morgan fingerprint density at radius 3 is 2.76 bits per heavy atom. The summed E-state index contributed by atoms with van der Waals surface area (Å²) in [5.41, 5.74) is 0.631. The standard InChI is InChI=1S/C15H22N2O4/c1-11(2)10-21-13-6-3-5-12(9-13)17-15(20)16-8-4-7-14(18)19/h3,5-6,9,11H,4,7-8,10H2,1-2H3,(H,18,19)(H2,16,17,20). The lowest BCUT2D eigenvalue weighted by molar-refractivity contribution is -0.137. The van der Waals surface area contributed by atoms with Crippen molar-refractivity contribution in [2.24, 2.45) is 5.92 Å². The summed E-state index contributed by atoms with van der Waals surface area (Å²) in [5.74, 6) is 0.263. The molecule has 0 saturated heterocycles. The molecule has 2 amide bonds. The predicted molar refractivity (Wildman–Crippen MR) is 80.7 cm³/mol. The van der Waals surface area contributed by atoms with E-state index in [9.17, 15) is 9.59 Å². The number of hydrogen-bond acceptors (Lipinski definition) is 3. The molecule has 0 aliphatic heterocycles. The van der Waals surface area contributed by atoms with Crippen LogP contribution in [0.15, 0.2) is 24.3 Å². The molecule has 0 bridgehead atoms. The Hall–Kier alpha value is -2.24. The lowest BCUT2D eigenvalue weighted by atomic mass is 10.2. The number of carbonyl (C=O) groups is 2. The molecule has 0 atom stereocenters. The van der Waals surface area contributed by atoms with Gasteiger partial charge in [-0.25, -0.2) is 4.79 Å². The van der Waals surface area contributed by atoms with Crippen LogP contribution in [-0.4, -0.2) is 30.3 Å². The van der Waals surface area contributed by atoms with Crippen LogP contribution in [0.25, 0.3) is 0 Å². The SMILES string of the molecule is CC(C)COc1cccc(NC(=O)NCCCC(=O)O)c1. The zero-order valence-electron chi connectivity index (χ0n) is 12.4. The lowest BCUT2D eigenvalue weighted by Crippen LogP contribution is -2.29. The summed E-state index contributed by atoms with van der Waals surface area (Å²) < 4.78 is 5.58. The van der Waals surface area contributed by atoms with Crippen molar-refractivity contribution in [1.29, 1.82) is 0 Å². The van der Waals surface area contributed by atoms with Crippen molar-refractivity contribution >= 4 is 17.7 Å². The Kier molecular flexibility index (Phi) is 7.08. The summed E-state index contributed by atoms with van der Waals surface area (Å²) in [6.45, 7) is 5.06. The van der Waals surface area contributed by atoms with Gasteiger partial charge in [-0.1, -0.05) is 19.9 Å². The van der Waals surface area contributed by atoms with Crippen LogP contribution < -0.4 is 15.4 Å². The molecule has 6 heteroatoms. The van der Waals surface area contributed by atoms with Gasteiger partial charge < -0.3 is 20.5 Å². The molecule has 0 aromatic heterocycles. The number of nitrogens with one attached hydrogen (secondary N) is 2. The first kappa shape index (κ1) is 16.8. The molecule has 0 saturated carbocycles. The third-order valence-electron chi connectivity index (χ3n) is 2.53. The zero-order valence-corrected chi connectivity index (χ0v) is 12.4. The second-order valence-corrected chi connectivity index (χ2v) is 5.11. The van der Waals surface area contributed by atoms with E-state index in [0.717, 1.165) is 0 Å². The quantitative estimate of drug-likeness (QED) is 0.643. The maximum Gasteiger partial charge on any atom is 0.319 e. The van der Waals surface area contributed by atoms with E-state index in [4.69, 9.17) is 9.84 Å². The Bertz CT molecular complexity index is 474. The molecule has 21 heavy (non-hydrogen) atoms. The van der Waals surface area contributed by atoms with E-state index in [1.165, 1.54) is 0 Å². The van der Waals surface area contributed by atoms with Crippen LogP contribution in [0.4, 0.5) is 10.5 Å². The van der Waals surface area contributed by atoms with Gasteiger partial charge in [0.1, 0.15) is 5.75 Å². The van der Waals surface area contributed by atoms with Crippen molar-refractivity contribution in [3.05, 3.63) is 24.3 Å². The van der Waals surface area contributed by atoms with Gasteiger partial charge in [-0.3, -0.25) is 4.79 Å². The van der Waals surface area contributed by atoms with Crippen LogP contribution in [0.3, 0.4) is 0 Å². The van der Waals surface area contributed by atoms with Crippen molar-refractivity contribution in [2.45, 2.75) is 26.7 Å². The van der Waals surface area contributed by atoms with Crippen molar-refractivity contribution in [1.82, 2.24) is 5.32 Å². The van der Waals surface area contributed by atoms with Gasteiger partial charge in [0.25, 0.3) is 0 Å². The topological polar surface area (TPSA) is 87.7 Å². The minimum atomic E-state index is -0.868. The van der Waals surface area contributed by atoms with E-state index in [1.54, 1.807) is 18.2 Å². The summed E-state index contributed by atoms with van der Waals surface area (Å²) in [6, 6.07) is 6.79. The molecule has 0 heterocycles. The Balaban J connectivity index is 2.38. The second kappa shape index (κ2) is 8.84. The molecule has 0 aliphatic rings. The fourth-order valence-corrected chi connectivity index (χ4v) is 1.54. The Labute approximate surface area is 124 Å². The smallest absolute Gasteiger partial charge is 0.319 e. The van der Waals surface area contributed by atoms with Crippen molar-refractivity contribution in [3.8, 4) is 5.75 Å². The van der Waals surface area contributed by atoms with Gasteiger partial charge in [0, 0.05) is 24.7 Å². The van der Waals surface area contributed by atoms with Crippen molar-refractivity contribution < 1.29 is 19.4 Å². The minimum Gasteiger partial charge on any atom is -0.493 e. The monoisotopic (exact) mass is 294 g/mol. The molecular weight excluding hydrogens is 272 g/mol. The Morgan fingerprint density at radius 2 is 2.10 bits per heavy atom. The van der Waals surface area contributed by atoms with Gasteiger partial charge in [0.05, 0.1) is 6.61 Å². The summed E-state index contributed by atoms with van der Waals surface area (Å²) in [5, 5.41) is 13.8. The fraction of sp³-hybridized carbons (Fsp3) is 0.467. The number of carboxylic acids is 1. The molecule has 6 nitrogen and oxygen atoms in total. The summed E-state index contributed by atoms with van der Waals surface area (Å²) >= 11 is 0. The number of rotatable bonds is 8. The second-order valence-electron chi connectivity index (χ2n) is 5.11. The van der Waals surface area contributed by atoms with E-state index < -0.39 is 5.97 Å². The molecule has 0 spiro atoms. The average Bonchev–Trinajstić information content (AvgIpc) is 2.41. The first-order valence-corrected chi connectivity index (χ1v) is 6.97. The number of benzene rings is 1. The number of amides is 2. The lowest BCUT2D eigenvalue weighted by Gasteiger charge is -2.11. The third kappa shape index (κ3) is 7.81. The molecule has 1 rings (SSSR count). The molecule has 116 valence electrons. The molecule has 3 N–H and O–H groups in total. The number of aliphatic carboxylic acids is 1. The van der Waals surface area contributed by atoms with Crippen LogP contribution >= 0.6 is 0 Å². The van der Waals surface area contributed by atoms with E-state index >= 15 is 0 Å². The van der Waals surface area contributed by atoms with E-state index in [2.05, 4.69) is 24.5 Å². The normalized spacial score (nSPS) is 10.2. The molecule has 0 aliphatic carbocycles. The largest absolute Gasteiger partial charge is 0.493 e. The van der Waals surface area contributed by atoms with Crippen LogP contribution in [0.1, 0.15) is 26.7 Å². The van der Waals surface area contributed by atoms with Gasteiger partial charge >= 0.3 is 12.0 Å². The minimum absolute atomic E-state index is 0.0405.